The number of anilines is 1. The van der Waals surface area contributed by atoms with E-state index in [-0.39, 0.29) is 25.4 Å². The molecule has 0 atom stereocenters. The summed E-state index contributed by atoms with van der Waals surface area (Å²) in [5.41, 5.74) is 0.835. The fourth-order valence-corrected chi connectivity index (χ4v) is 2.49. The van der Waals surface area contributed by atoms with E-state index in [4.69, 9.17) is 4.74 Å². The zero-order chi connectivity index (χ0) is 16.8. The second-order valence-electron chi connectivity index (χ2n) is 4.52. The van der Waals surface area contributed by atoms with E-state index < -0.39 is 17.6 Å². The van der Waals surface area contributed by atoms with Crippen LogP contribution in [0.1, 0.15) is 19.8 Å². The number of nitrogens with one attached hydrogen (secondary N) is 1. The Morgan fingerprint density at radius 3 is 2.74 bits per heavy atom. The number of ether oxygens (including phenoxy) is 1. The lowest BCUT2D eigenvalue weighted by Crippen LogP contribution is -2.14. The lowest BCUT2D eigenvalue weighted by molar-refractivity contribution is -0.144. The van der Waals surface area contributed by atoms with Gasteiger partial charge in [-0.1, -0.05) is 0 Å². The maximum Gasteiger partial charge on any atom is 0.306 e. The molecule has 2 rings (SSSR count). The predicted octanol–water partition coefficient (Wildman–Crippen LogP) is 3.37. The summed E-state index contributed by atoms with van der Waals surface area (Å²) >= 11 is 1.15. The molecular weight excluding hydrogens is 326 g/mol. The quantitative estimate of drug-likeness (QED) is 0.819. The maximum absolute atomic E-state index is 13.2. The number of hydrogen-bond donors (Lipinski definition) is 1. The summed E-state index contributed by atoms with van der Waals surface area (Å²) in [5.74, 6) is -2.71. The first-order valence-corrected chi connectivity index (χ1v) is 7.74. The minimum Gasteiger partial charge on any atom is -0.466 e. The first kappa shape index (κ1) is 17.0. The molecule has 1 aromatic heterocycles. The van der Waals surface area contributed by atoms with Crippen LogP contribution in [-0.2, 0) is 14.3 Å². The number of carbonyl (C=O) groups excluding carboxylic acids is 2. The predicted molar refractivity (Wildman–Crippen MR) is 82.0 cm³/mol. The van der Waals surface area contributed by atoms with Crippen LogP contribution in [0.25, 0.3) is 11.3 Å². The molecular formula is C15H14F2N2O3S. The number of esters is 1. The molecule has 23 heavy (non-hydrogen) atoms. The van der Waals surface area contributed by atoms with Crippen molar-refractivity contribution in [3.8, 4) is 11.3 Å². The highest BCUT2D eigenvalue weighted by Gasteiger charge is 2.12. The number of rotatable bonds is 6. The van der Waals surface area contributed by atoms with Gasteiger partial charge in [0.15, 0.2) is 16.8 Å². The van der Waals surface area contributed by atoms with Crippen molar-refractivity contribution in [1.82, 2.24) is 4.98 Å². The Morgan fingerprint density at radius 2 is 2.04 bits per heavy atom. The Hall–Kier alpha value is -2.35. The SMILES string of the molecule is CCOC(=O)CCC(=O)Nc1nc(-c2ccc(F)c(F)c2)cs1. The van der Waals surface area contributed by atoms with Gasteiger partial charge < -0.3 is 10.1 Å². The zero-order valence-corrected chi connectivity index (χ0v) is 13.1. The Kier molecular flexibility index (Phi) is 5.75. The van der Waals surface area contributed by atoms with E-state index in [9.17, 15) is 18.4 Å². The van der Waals surface area contributed by atoms with Crippen molar-refractivity contribution in [2.45, 2.75) is 19.8 Å². The third-order valence-electron chi connectivity index (χ3n) is 2.83. The molecule has 0 unspecified atom stereocenters. The fraction of sp³-hybridized carbons (Fsp3) is 0.267. The van der Waals surface area contributed by atoms with Crippen molar-refractivity contribution in [3.63, 3.8) is 0 Å². The minimum absolute atomic E-state index is 0.0128. The molecule has 1 amide bonds. The normalized spacial score (nSPS) is 10.4. The standard InChI is InChI=1S/C15H14F2N2O3S/c1-2-22-14(21)6-5-13(20)19-15-18-12(8-23-15)9-3-4-10(16)11(17)7-9/h3-4,7-8H,2,5-6H2,1H3,(H,18,19,20). The van der Waals surface area contributed by atoms with Gasteiger partial charge in [0.1, 0.15) is 0 Å². The number of halogens is 2. The van der Waals surface area contributed by atoms with E-state index in [0.717, 1.165) is 23.5 Å². The van der Waals surface area contributed by atoms with Crippen molar-refractivity contribution in [2.75, 3.05) is 11.9 Å². The first-order chi connectivity index (χ1) is 11.0. The highest BCUT2D eigenvalue weighted by molar-refractivity contribution is 7.14. The monoisotopic (exact) mass is 340 g/mol. The fourth-order valence-electron chi connectivity index (χ4n) is 1.75. The van der Waals surface area contributed by atoms with Crippen LogP contribution >= 0.6 is 11.3 Å². The molecule has 8 heteroatoms. The first-order valence-electron chi connectivity index (χ1n) is 6.86. The van der Waals surface area contributed by atoms with Crippen LogP contribution < -0.4 is 5.32 Å². The molecule has 2 aromatic rings. The molecule has 122 valence electrons. The molecule has 0 saturated heterocycles. The summed E-state index contributed by atoms with van der Waals surface area (Å²) < 4.78 is 30.8. The highest BCUT2D eigenvalue weighted by Crippen LogP contribution is 2.26. The van der Waals surface area contributed by atoms with Gasteiger partial charge in [-0.3, -0.25) is 9.59 Å². The molecule has 5 nitrogen and oxygen atoms in total. The summed E-state index contributed by atoms with van der Waals surface area (Å²) in [6.07, 6.45) is -0.0278. The number of hydrogen-bond acceptors (Lipinski definition) is 5. The van der Waals surface area contributed by atoms with Gasteiger partial charge >= 0.3 is 5.97 Å². The largest absolute Gasteiger partial charge is 0.466 e. The number of aromatic nitrogens is 1. The number of benzene rings is 1. The van der Waals surface area contributed by atoms with Gasteiger partial charge in [-0.05, 0) is 25.1 Å². The summed E-state index contributed by atoms with van der Waals surface area (Å²) in [5, 5.41) is 4.49. The number of thiazole rings is 1. The van der Waals surface area contributed by atoms with Gasteiger partial charge in [-0.2, -0.15) is 0 Å². The molecule has 0 fully saturated rings. The van der Waals surface area contributed by atoms with Crippen LogP contribution in [-0.4, -0.2) is 23.5 Å². The second kappa shape index (κ2) is 7.77. The van der Waals surface area contributed by atoms with Gasteiger partial charge in [0, 0.05) is 17.4 Å². The average molecular weight is 340 g/mol. The molecule has 0 radical (unpaired) electrons. The van der Waals surface area contributed by atoms with Gasteiger partial charge in [-0.15, -0.1) is 11.3 Å². The molecule has 0 bridgehead atoms. The third kappa shape index (κ3) is 4.82. The van der Waals surface area contributed by atoms with Gasteiger partial charge in [0.05, 0.1) is 18.7 Å². The Morgan fingerprint density at radius 1 is 1.26 bits per heavy atom. The molecule has 0 spiro atoms. The average Bonchev–Trinajstić information content (AvgIpc) is 2.97. The van der Waals surface area contributed by atoms with Crippen molar-refractivity contribution in [2.24, 2.45) is 0 Å². The van der Waals surface area contributed by atoms with E-state index in [0.29, 0.717) is 16.4 Å². The van der Waals surface area contributed by atoms with E-state index in [1.165, 1.54) is 6.07 Å². The van der Waals surface area contributed by atoms with Gasteiger partial charge in [-0.25, -0.2) is 13.8 Å². The number of nitrogens with zero attached hydrogens (tertiary/aromatic N) is 1. The van der Waals surface area contributed by atoms with E-state index in [1.807, 2.05) is 0 Å². The van der Waals surface area contributed by atoms with Gasteiger partial charge in [0.2, 0.25) is 5.91 Å². The van der Waals surface area contributed by atoms with Crippen molar-refractivity contribution >= 4 is 28.3 Å². The van der Waals surface area contributed by atoms with Crippen molar-refractivity contribution in [3.05, 3.63) is 35.2 Å². The van der Waals surface area contributed by atoms with Crippen LogP contribution in [0.3, 0.4) is 0 Å². The molecule has 0 saturated carbocycles. The lowest BCUT2D eigenvalue weighted by Gasteiger charge is -2.02. The Bertz CT molecular complexity index is 718. The van der Waals surface area contributed by atoms with Crippen LogP contribution in [0, 0.1) is 11.6 Å². The Balaban J connectivity index is 1.95. The Labute approximate surface area is 135 Å². The second-order valence-corrected chi connectivity index (χ2v) is 5.38. The summed E-state index contributed by atoms with van der Waals surface area (Å²) in [6, 6.07) is 3.46. The molecule has 1 N–H and O–H groups in total. The molecule has 0 aliphatic carbocycles. The van der Waals surface area contributed by atoms with Crippen LogP contribution in [0.4, 0.5) is 13.9 Å². The van der Waals surface area contributed by atoms with Crippen LogP contribution in [0.15, 0.2) is 23.6 Å². The summed E-state index contributed by atoms with van der Waals surface area (Å²) in [4.78, 5) is 27.0. The summed E-state index contributed by atoms with van der Waals surface area (Å²) in [7, 11) is 0. The maximum atomic E-state index is 13.2. The zero-order valence-electron chi connectivity index (χ0n) is 12.3. The molecule has 1 aromatic carbocycles. The molecule has 0 aliphatic heterocycles. The van der Waals surface area contributed by atoms with E-state index in [1.54, 1.807) is 12.3 Å². The number of amides is 1. The van der Waals surface area contributed by atoms with Crippen molar-refractivity contribution < 1.29 is 23.1 Å². The molecule has 0 aliphatic rings. The molecule has 1 heterocycles. The van der Waals surface area contributed by atoms with E-state index in [2.05, 4.69) is 10.3 Å². The number of carbonyl (C=O) groups is 2. The highest BCUT2D eigenvalue weighted by atomic mass is 32.1. The summed E-state index contributed by atoms with van der Waals surface area (Å²) in [6.45, 7) is 1.96. The van der Waals surface area contributed by atoms with Gasteiger partial charge in [0.25, 0.3) is 0 Å². The third-order valence-corrected chi connectivity index (χ3v) is 3.59. The van der Waals surface area contributed by atoms with Crippen molar-refractivity contribution in [1.29, 1.82) is 0 Å². The lowest BCUT2D eigenvalue weighted by atomic mass is 10.2. The topological polar surface area (TPSA) is 68.3 Å². The smallest absolute Gasteiger partial charge is 0.306 e. The van der Waals surface area contributed by atoms with Crippen LogP contribution in [0.2, 0.25) is 0 Å². The van der Waals surface area contributed by atoms with E-state index >= 15 is 0 Å². The minimum atomic E-state index is -0.962. The van der Waals surface area contributed by atoms with Crippen LogP contribution in [0.5, 0.6) is 0 Å².